The fraction of sp³-hybridized carbons (Fsp3) is 0.143. The van der Waals surface area contributed by atoms with Crippen LogP contribution in [0.3, 0.4) is 0 Å². The third kappa shape index (κ3) is 6.07. The Morgan fingerprint density at radius 1 is 1.16 bits per heavy atom. The van der Waals surface area contributed by atoms with Crippen LogP contribution in [0.2, 0.25) is 0 Å². The molecule has 102 valence electrons. The molecule has 0 atom stereocenters. The summed E-state index contributed by atoms with van der Waals surface area (Å²) in [6, 6.07) is 14.9. The Morgan fingerprint density at radius 3 is 2.32 bits per heavy atom. The van der Waals surface area contributed by atoms with E-state index < -0.39 is 9.60 Å². The van der Waals surface area contributed by atoms with Gasteiger partial charge in [0.25, 0.3) is 0 Å². The summed E-state index contributed by atoms with van der Waals surface area (Å²) < 4.78 is 9.09. The molecule has 0 radical (unpaired) electrons. The zero-order valence-electron chi connectivity index (χ0n) is 10.3. The van der Waals surface area contributed by atoms with E-state index in [0.29, 0.717) is 5.88 Å². The molecule has 0 bridgehead atoms. The highest BCUT2D eigenvalue weighted by Gasteiger charge is 1.97. The van der Waals surface area contributed by atoms with Gasteiger partial charge in [-0.15, -0.1) is 11.6 Å². The lowest BCUT2D eigenvalue weighted by Crippen LogP contribution is -1.81. The Hall–Kier alpha value is -0.380. The van der Waals surface area contributed by atoms with Crippen LogP contribution >= 0.6 is 33.0 Å². The van der Waals surface area contributed by atoms with Crippen LogP contribution < -0.4 is 0 Å². The lowest BCUT2D eigenvalue weighted by atomic mass is 10.0. The van der Waals surface area contributed by atoms with Crippen LogP contribution in [0.25, 0.3) is 16.3 Å². The van der Waals surface area contributed by atoms with E-state index in [2.05, 4.69) is 70.8 Å². The molecule has 19 heavy (non-hydrogen) atoms. The summed E-state index contributed by atoms with van der Waals surface area (Å²) in [5, 5.41) is 2.55. The minimum Gasteiger partial charge on any atom is -0.582 e. The van der Waals surface area contributed by atoms with E-state index in [-0.39, 0.29) is 0 Å². The third-order valence-electron chi connectivity index (χ3n) is 2.59. The first-order valence-electron chi connectivity index (χ1n) is 5.50. The number of hydrogen-bond acceptors (Lipinski definition) is 1. The maximum atomic E-state index is 9.09. The summed E-state index contributed by atoms with van der Waals surface area (Å²) in [5.41, 5.74) is 2.48. The minimum atomic E-state index is -1.67. The van der Waals surface area contributed by atoms with E-state index in [1.54, 1.807) is 0 Å². The Morgan fingerprint density at radius 2 is 1.74 bits per heavy atom. The SMILES string of the molecule is CC(=CCCl)c1ccc2ccccc2c1.[O-][S+](Cl)Cl. The molecule has 0 unspecified atom stereocenters. The van der Waals surface area contributed by atoms with Gasteiger partial charge in [-0.25, -0.2) is 0 Å². The van der Waals surface area contributed by atoms with E-state index in [4.69, 9.17) is 16.2 Å². The molecular formula is C14H13Cl3OS. The number of allylic oxidation sites excluding steroid dienone is 2. The zero-order chi connectivity index (χ0) is 14.3. The first-order valence-corrected chi connectivity index (χ1v) is 8.84. The molecule has 0 spiro atoms. The second kappa shape index (κ2) is 8.72. The van der Waals surface area contributed by atoms with Gasteiger partial charge >= 0.3 is 0 Å². The number of hydrogen-bond donors (Lipinski definition) is 0. The molecule has 0 heterocycles. The first kappa shape index (κ1) is 16.7. The monoisotopic (exact) mass is 334 g/mol. The standard InChI is InChI=1S/C14H13Cl.Cl2OS/c1-11(8-9-15)13-7-6-12-4-2-3-5-14(12)10-13;1-4(2)3/h2-8,10H,9H2,1H3;. The van der Waals surface area contributed by atoms with Crippen LogP contribution in [0.5, 0.6) is 0 Å². The normalized spacial score (nSPS) is 11.4. The van der Waals surface area contributed by atoms with E-state index in [0.717, 1.165) is 0 Å². The van der Waals surface area contributed by atoms with Crippen LogP contribution in [-0.2, 0) is 9.60 Å². The fourth-order valence-electron chi connectivity index (χ4n) is 1.67. The van der Waals surface area contributed by atoms with E-state index in [1.165, 1.54) is 21.9 Å². The summed E-state index contributed by atoms with van der Waals surface area (Å²) in [5.74, 6) is 0.568. The summed E-state index contributed by atoms with van der Waals surface area (Å²) in [6.07, 6.45) is 2.03. The number of benzene rings is 2. The molecule has 2 aromatic carbocycles. The largest absolute Gasteiger partial charge is 0.582 e. The van der Waals surface area contributed by atoms with Crippen molar-refractivity contribution in [1.29, 1.82) is 0 Å². The molecule has 0 aliphatic heterocycles. The minimum absolute atomic E-state index is 0.568. The average Bonchev–Trinajstić information content (AvgIpc) is 2.38. The highest BCUT2D eigenvalue weighted by molar-refractivity contribution is 8.31. The first-order chi connectivity index (χ1) is 9.04. The molecule has 0 saturated heterocycles. The quantitative estimate of drug-likeness (QED) is 0.523. The number of halogens is 3. The molecule has 0 fully saturated rings. The smallest absolute Gasteiger partial charge is 0.198 e. The molecule has 2 rings (SSSR count). The van der Waals surface area contributed by atoms with Crippen molar-refractivity contribution in [1.82, 2.24) is 0 Å². The van der Waals surface area contributed by atoms with Gasteiger partial charge in [0.15, 0.2) is 31.0 Å². The van der Waals surface area contributed by atoms with Crippen molar-refractivity contribution in [2.24, 2.45) is 0 Å². The van der Waals surface area contributed by atoms with Gasteiger partial charge in [-0.05, 0) is 34.9 Å². The fourth-order valence-corrected chi connectivity index (χ4v) is 1.90. The maximum absolute atomic E-state index is 9.09. The Balaban J connectivity index is 0.000000399. The molecule has 0 aliphatic rings. The highest BCUT2D eigenvalue weighted by atomic mass is 36.0. The van der Waals surface area contributed by atoms with Crippen molar-refractivity contribution in [3.63, 3.8) is 0 Å². The summed E-state index contributed by atoms with van der Waals surface area (Å²) in [4.78, 5) is 0. The summed E-state index contributed by atoms with van der Waals surface area (Å²) in [6.45, 7) is 2.09. The molecule has 0 saturated carbocycles. The van der Waals surface area contributed by atoms with Gasteiger partial charge in [0, 0.05) is 5.88 Å². The lowest BCUT2D eigenvalue weighted by Gasteiger charge is -2.03. The zero-order valence-corrected chi connectivity index (χ0v) is 13.4. The number of alkyl halides is 1. The highest BCUT2D eigenvalue weighted by Crippen LogP contribution is 2.20. The second-order valence-electron chi connectivity index (χ2n) is 3.79. The number of fused-ring (bicyclic) bond motifs is 1. The van der Waals surface area contributed by atoms with Crippen LogP contribution in [0.4, 0.5) is 0 Å². The van der Waals surface area contributed by atoms with Gasteiger partial charge in [-0.2, -0.15) is 0 Å². The van der Waals surface area contributed by atoms with Crippen LogP contribution in [0.15, 0.2) is 48.5 Å². The van der Waals surface area contributed by atoms with Crippen molar-refractivity contribution < 1.29 is 4.55 Å². The topological polar surface area (TPSA) is 23.1 Å². The molecule has 0 amide bonds. The Bertz CT molecular complexity index is 552. The van der Waals surface area contributed by atoms with Gasteiger partial charge < -0.3 is 4.55 Å². The van der Waals surface area contributed by atoms with Gasteiger partial charge in [0.05, 0.1) is 0 Å². The Labute approximate surface area is 130 Å². The van der Waals surface area contributed by atoms with Gasteiger partial charge in [0.2, 0.25) is 0 Å². The van der Waals surface area contributed by atoms with Crippen molar-refractivity contribution in [3.05, 3.63) is 54.1 Å². The molecule has 0 N–H and O–H groups in total. The third-order valence-corrected chi connectivity index (χ3v) is 2.74. The van der Waals surface area contributed by atoms with E-state index >= 15 is 0 Å². The van der Waals surface area contributed by atoms with Crippen molar-refractivity contribution >= 4 is 58.9 Å². The van der Waals surface area contributed by atoms with Gasteiger partial charge in [-0.1, -0.05) is 42.5 Å². The van der Waals surface area contributed by atoms with Crippen LogP contribution in [0.1, 0.15) is 12.5 Å². The maximum Gasteiger partial charge on any atom is 0.198 e. The van der Waals surface area contributed by atoms with E-state index in [9.17, 15) is 0 Å². The average molecular weight is 336 g/mol. The van der Waals surface area contributed by atoms with Crippen molar-refractivity contribution in [2.45, 2.75) is 6.92 Å². The lowest BCUT2D eigenvalue weighted by molar-refractivity contribution is 0.620. The van der Waals surface area contributed by atoms with Crippen LogP contribution in [-0.4, -0.2) is 10.4 Å². The van der Waals surface area contributed by atoms with Crippen molar-refractivity contribution in [2.75, 3.05) is 5.88 Å². The summed E-state index contributed by atoms with van der Waals surface area (Å²) in [7, 11) is 7.36. The molecule has 0 aromatic heterocycles. The van der Waals surface area contributed by atoms with Crippen LogP contribution in [0, 0.1) is 0 Å². The predicted octanol–water partition coefficient (Wildman–Crippen LogP) is 5.52. The predicted molar refractivity (Wildman–Crippen MR) is 88.2 cm³/mol. The second-order valence-corrected chi connectivity index (χ2v) is 6.62. The molecule has 5 heteroatoms. The van der Waals surface area contributed by atoms with Crippen molar-refractivity contribution in [3.8, 4) is 0 Å². The van der Waals surface area contributed by atoms with Gasteiger partial charge in [-0.3, -0.25) is 0 Å². The molecule has 2 aromatic rings. The molecular weight excluding hydrogens is 323 g/mol. The van der Waals surface area contributed by atoms with Gasteiger partial charge in [0.1, 0.15) is 0 Å². The molecule has 0 aliphatic carbocycles. The summed E-state index contributed by atoms with van der Waals surface area (Å²) >= 11 is 5.69. The van der Waals surface area contributed by atoms with E-state index in [1.807, 2.05) is 6.08 Å². The Kier molecular flexibility index (Phi) is 7.66. The molecule has 1 nitrogen and oxygen atoms in total. The number of rotatable bonds is 2.